The van der Waals surface area contributed by atoms with E-state index in [2.05, 4.69) is 15.3 Å². The third-order valence-electron chi connectivity index (χ3n) is 1.86. The minimum absolute atomic E-state index is 0. The molecule has 0 bridgehead atoms. The van der Waals surface area contributed by atoms with Crippen molar-refractivity contribution in [2.24, 2.45) is 0 Å². The molecule has 7 heteroatoms. The summed E-state index contributed by atoms with van der Waals surface area (Å²) in [7, 11) is 0. The van der Waals surface area contributed by atoms with Crippen molar-refractivity contribution in [2.75, 3.05) is 11.1 Å². The zero-order valence-corrected chi connectivity index (χ0v) is 13.9. The van der Waals surface area contributed by atoms with E-state index in [0.29, 0.717) is 5.95 Å². The minimum Gasteiger partial charge on any atom is -0.393 e. The van der Waals surface area contributed by atoms with Crippen molar-refractivity contribution >= 4 is 76.4 Å². The van der Waals surface area contributed by atoms with Crippen LogP contribution in [0.25, 0.3) is 0 Å². The van der Waals surface area contributed by atoms with Crippen LogP contribution in [0.5, 0.6) is 0 Å². The van der Waals surface area contributed by atoms with E-state index < -0.39 is 0 Å². The zero-order valence-electron chi connectivity index (χ0n) is 9.90. The maximum absolute atomic E-state index is 11.2. The average molecular weight is 248 g/mol. The Bertz CT molecular complexity index is 515. The monoisotopic (exact) mass is 248 g/mol. The third-order valence-corrected chi connectivity index (χ3v) is 1.86. The smallest absolute Gasteiger partial charge is 0.275 e. The second-order valence-corrected chi connectivity index (χ2v) is 3.01. The van der Waals surface area contributed by atoms with Crippen LogP contribution in [0, 0.1) is 0 Å². The van der Waals surface area contributed by atoms with Gasteiger partial charge in [-0.25, -0.2) is 4.98 Å². The molecule has 17 heavy (non-hydrogen) atoms. The molecule has 1 heterocycles. The Morgan fingerprint density at radius 1 is 1.18 bits per heavy atom. The Morgan fingerprint density at radius 2 is 1.82 bits per heavy atom. The Kier molecular flexibility index (Phi) is 7.78. The van der Waals surface area contributed by atoms with E-state index in [1.165, 1.54) is 6.20 Å². The second kappa shape index (κ2) is 7.92. The fraction of sp³-hybridized carbons (Fsp3) is 0. The Morgan fingerprint density at radius 3 is 2.41 bits per heavy atom. The van der Waals surface area contributed by atoms with Crippen LogP contribution >= 0.6 is 0 Å². The molecule has 2 radical (unpaired) electrons. The number of nitrogens with two attached hydrogens (primary N) is 1. The van der Waals surface area contributed by atoms with Crippen LogP contribution in [0.1, 0.15) is 0 Å². The molecule has 0 atom stereocenters. The van der Waals surface area contributed by atoms with Crippen LogP contribution < -0.4 is 16.6 Å². The number of nitrogens with zero attached hydrogens (tertiary/aromatic N) is 1. The molecule has 0 aliphatic rings. The van der Waals surface area contributed by atoms with Crippen LogP contribution in [0.15, 0.2) is 41.3 Å². The Balaban J connectivity index is 0.00000128. The molecule has 0 aliphatic carbocycles. The predicted molar refractivity (Wildman–Crippen MR) is 70.5 cm³/mol. The normalized spacial score (nSPS) is 8.71. The number of H-pyrrole nitrogens is 1. The van der Waals surface area contributed by atoms with Gasteiger partial charge in [-0.15, -0.1) is 0 Å². The number of nitrogen functional groups attached to an aromatic ring is 1. The summed E-state index contributed by atoms with van der Waals surface area (Å²) >= 11 is 0. The third kappa shape index (κ3) is 4.83. The van der Waals surface area contributed by atoms with Gasteiger partial charge in [0.2, 0.25) is 5.95 Å². The van der Waals surface area contributed by atoms with Crippen LogP contribution in [0.3, 0.4) is 0 Å². The number of anilines is 3. The van der Waals surface area contributed by atoms with Gasteiger partial charge < -0.3 is 11.1 Å². The van der Waals surface area contributed by atoms with E-state index in [1.54, 1.807) is 0 Å². The van der Waals surface area contributed by atoms with Crippen molar-refractivity contribution in [3.8, 4) is 0 Å². The number of nitrogens with one attached hydrogen (secondary N) is 2. The van der Waals surface area contributed by atoms with Gasteiger partial charge >= 0.3 is 0 Å². The number of hydrogen-bond acceptors (Lipinski definition) is 4. The summed E-state index contributed by atoms with van der Waals surface area (Å²) in [5.74, 6) is 0.375. The SMILES string of the molecule is Nc1cnc(Nc2ccccc2)[nH]c1=O.[Na].[Na]. The summed E-state index contributed by atoms with van der Waals surface area (Å²) in [6.45, 7) is 0. The molecule has 0 unspecified atom stereocenters. The molecule has 2 rings (SSSR count). The minimum atomic E-state index is -0.344. The van der Waals surface area contributed by atoms with Gasteiger partial charge in [-0.1, -0.05) is 18.2 Å². The van der Waals surface area contributed by atoms with Crippen molar-refractivity contribution < 1.29 is 0 Å². The van der Waals surface area contributed by atoms with Gasteiger partial charge in [0.1, 0.15) is 5.69 Å². The number of rotatable bonds is 2. The van der Waals surface area contributed by atoms with E-state index in [-0.39, 0.29) is 70.4 Å². The maximum atomic E-state index is 11.2. The first-order valence-electron chi connectivity index (χ1n) is 4.42. The maximum Gasteiger partial charge on any atom is 0.275 e. The molecule has 78 valence electrons. The first-order chi connectivity index (χ1) is 7.25. The van der Waals surface area contributed by atoms with E-state index in [4.69, 9.17) is 5.73 Å². The number of aromatic nitrogens is 2. The van der Waals surface area contributed by atoms with Gasteiger partial charge in [0.05, 0.1) is 6.20 Å². The topological polar surface area (TPSA) is 83.8 Å². The molecule has 0 saturated heterocycles. The standard InChI is InChI=1S/C10H10N4O.2Na/c11-8-6-12-10(14-9(8)15)13-7-4-2-1-3-5-7;;/h1-6H,11H2,(H2,12,13,14,15);;. The summed E-state index contributed by atoms with van der Waals surface area (Å²) in [6, 6.07) is 9.42. The summed E-state index contributed by atoms with van der Waals surface area (Å²) in [6.07, 6.45) is 1.32. The molecule has 5 nitrogen and oxygen atoms in total. The van der Waals surface area contributed by atoms with E-state index in [1.807, 2.05) is 30.3 Å². The van der Waals surface area contributed by atoms with Crippen molar-refractivity contribution in [3.05, 3.63) is 46.9 Å². The molecule has 4 N–H and O–H groups in total. The summed E-state index contributed by atoms with van der Waals surface area (Å²) in [5.41, 5.74) is 5.96. The summed E-state index contributed by atoms with van der Waals surface area (Å²) < 4.78 is 0. The molecular formula is C10H10N4Na2O. The molecule has 1 aromatic heterocycles. The first kappa shape index (κ1) is 16.7. The summed E-state index contributed by atoms with van der Waals surface area (Å²) in [5, 5.41) is 2.95. The quantitative estimate of drug-likeness (QED) is 0.669. The largest absolute Gasteiger partial charge is 0.393 e. The van der Waals surface area contributed by atoms with Gasteiger partial charge in [-0.3, -0.25) is 9.78 Å². The van der Waals surface area contributed by atoms with Gasteiger partial charge in [0, 0.05) is 64.8 Å². The number of para-hydroxylation sites is 1. The molecule has 0 saturated carbocycles. The Hall–Kier alpha value is -0.300. The van der Waals surface area contributed by atoms with E-state index >= 15 is 0 Å². The molecule has 1 aromatic carbocycles. The predicted octanol–water partition coefficient (Wildman–Crippen LogP) is 0.334. The molecular weight excluding hydrogens is 238 g/mol. The van der Waals surface area contributed by atoms with Crippen molar-refractivity contribution in [2.45, 2.75) is 0 Å². The van der Waals surface area contributed by atoms with Crippen LogP contribution in [0.4, 0.5) is 17.3 Å². The fourth-order valence-corrected chi connectivity index (χ4v) is 1.13. The number of benzene rings is 1. The van der Waals surface area contributed by atoms with Gasteiger partial charge in [-0.05, 0) is 12.1 Å². The molecule has 2 aromatic rings. The van der Waals surface area contributed by atoms with Gasteiger partial charge in [-0.2, -0.15) is 0 Å². The molecule has 0 fully saturated rings. The van der Waals surface area contributed by atoms with Crippen LogP contribution in [0.2, 0.25) is 0 Å². The van der Waals surface area contributed by atoms with E-state index in [0.717, 1.165) is 5.69 Å². The van der Waals surface area contributed by atoms with Crippen molar-refractivity contribution in [1.29, 1.82) is 0 Å². The zero-order chi connectivity index (χ0) is 10.7. The van der Waals surface area contributed by atoms with Crippen LogP contribution in [-0.4, -0.2) is 69.1 Å². The number of hydrogen-bond donors (Lipinski definition) is 3. The summed E-state index contributed by atoms with van der Waals surface area (Å²) in [4.78, 5) is 17.6. The second-order valence-electron chi connectivity index (χ2n) is 3.01. The van der Waals surface area contributed by atoms with Gasteiger partial charge in [0.25, 0.3) is 5.56 Å². The average Bonchev–Trinajstić information content (AvgIpc) is 2.25. The van der Waals surface area contributed by atoms with Gasteiger partial charge in [0.15, 0.2) is 0 Å². The fourth-order valence-electron chi connectivity index (χ4n) is 1.13. The van der Waals surface area contributed by atoms with Crippen LogP contribution in [-0.2, 0) is 0 Å². The van der Waals surface area contributed by atoms with E-state index in [9.17, 15) is 4.79 Å². The molecule has 0 aliphatic heterocycles. The molecule has 0 amide bonds. The Labute approximate surface area is 143 Å². The first-order valence-corrected chi connectivity index (χ1v) is 4.42. The van der Waals surface area contributed by atoms with Crippen molar-refractivity contribution in [1.82, 2.24) is 9.97 Å². The van der Waals surface area contributed by atoms with Crippen molar-refractivity contribution in [3.63, 3.8) is 0 Å². The number of aromatic amines is 1. The molecule has 0 spiro atoms.